The summed E-state index contributed by atoms with van der Waals surface area (Å²) in [4.78, 5) is 14.4. The first-order valence-corrected chi connectivity index (χ1v) is 7.93. The second kappa shape index (κ2) is 5.54. The first-order valence-electron chi connectivity index (χ1n) is 7.93. The van der Waals surface area contributed by atoms with Gasteiger partial charge in [0.1, 0.15) is 5.75 Å². The molecule has 0 saturated carbocycles. The van der Waals surface area contributed by atoms with Crippen molar-refractivity contribution in [1.82, 2.24) is 4.90 Å². The first kappa shape index (κ1) is 14.5. The average Bonchev–Trinajstić information content (AvgIpc) is 3.14. The Labute approximate surface area is 135 Å². The van der Waals surface area contributed by atoms with Crippen LogP contribution in [0.5, 0.6) is 5.75 Å². The van der Waals surface area contributed by atoms with Crippen molar-refractivity contribution in [3.05, 3.63) is 30.0 Å². The average molecular weight is 316 g/mol. The zero-order valence-electron chi connectivity index (χ0n) is 13.1. The van der Waals surface area contributed by atoms with Gasteiger partial charge in [0.05, 0.1) is 25.9 Å². The Balaban J connectivity index is 1.54. The maximum absolute atomic E-state index is 12.3. The lowest BCUT2D eigenvalue weighted by Crippen LogP contribution is -2.43. The molecule has 1 aromatic rings. The highest BCUT2D eigenvalue weighted by Crippen LogP contribution is 2.36. The Bertz CT molecular complexity index is 655. The van der Waals surface area contributed by atoms with Crippen LogP contribution in [0.2, 0.25) is 0 Å². The Morgan fingerprint density at radius 1 is 1.26 bits per heavy atom. The molecule has 23 heavy (non-hydrogen) atoms. The Morgan fingerprint density at radius 3 is 2.70 bits per heavy atom. The highest BCUT2D eigenvalue weighted by Gasteiger charge is 2.39. The van der Waals surface area contributed by atoms with E-state index in [4.69, 9.17) is 14.2 Å². The summed E-state index contributed by atoms with van der Waals surface area (Å²) in [6, 6.07) is 5.62. The number of fused-ring (bicyclic) bond motifs is 1. The van der Waals surface area contributed by atoms with Crippen molar-refractivity contribution in [3.8, 4) is 5.75 Å². The molecule has 1 aromatic carbocycles. The molecule has 0 aliphatic carbocycles. The number of nitrogens with zero attached hydrogens (tertiary/aromatic N) is 1. The second-order valence-electron chi connectivity index (χ2n) is 6.05. The normalized spacial score (nSPS) is 24.1. The van der Waals surface area contributed by atoms with Crippen LogP contribution in [0.3, 0.4) is 0 Å². The molecule has 0 aromatic heterocycles. The first-order chi connectivity index (χ1) is 11.2. The van der Waals surface area contributed by atoms with Crippen LogP contribution in [-0.2, 0) is 14.3 Å². The van der Waals surface area contributed by atoms with Crippen LogP contribution in [0.25, 0.3) is 5.57 Å². The summed E-state index contributed by atoms with van der Waals surface area (Å²) in [5, 5.41) is 2.90. The van der Waals surface area contributed by atoms with E-state index >= 15 is 0 Å². The van der Waals surface area contributed by atoms with Crippen LogP contribution in [-0.4, -0.2) is 50.0 Å². The van der Waals surface area contributed by atoms with Gasteiger partial charge in [-0.2, -0.15) is 0 Å². The van der Waals surface area contributed by atoms with E-state index in [1.54, 1.807) is 7.11 Å². The Kier molecular flexibility index (Phi) is 3.50. The fourth-order valence-corrected chi connectivity index (χ4v) is 3.38. The lowest BCUT2D eigenvalue weighted by atomic mass is 10.0. The molecule has 1 amide bonds. The van der Waals surface area contributed by atoms with E-state index in [0.29, 0.717) is 18.8 Å². The summed E-state index contributed by atoms with van der Waals surface area (Å²) in [6.07, 6.45) is 3.59. The zero-order valence-corrected chi connectivity index (χ0v) is 13.1. The largest absolute Gasteiger partial charge is 0.497 e. The quantitative estimate of drug-likeness (QED) is 0.844. The van der Waals surface area contributed by atoms with E-state index in [9.17, 15) is 4.79 Å². The molecule has 0 atom stereocenters. The Morgan fingerprint density at radius 2 is 2.00 bits per heavy atom. The molecule has 1 spiro atoms. The number of piperidine rings is 1. The lowest BCUT2D eigenvalue weighted by Gasteiger charge is -2.37. The van der Waals surface area contributed by atoms with Crippen molar-refractivity contribution in [2.75, 3.05) is 38.7 Å². The molecule has 2 fully saturated rings. The van der Waals surface area contributed by atoms with E-state index in [0.717, 1.165) is 42.9 Å². The van der Waals surface area contributed by atoms with Gasteiger partial charge in [0.2, 0.25) is 0 Å². The molecule has 2 saturated heterocycles. The summed E-state index contributed by atoms with van der Waals surface area (Å²) >= 11 is 0. The molecule has 1 N–H and O–H groups in total. The van der Waals surface area contributed by atoms with Gasteiger partial charge in [-0.1, -0.05) is 0 Å². The van der Waals surface area contributed by atoms with Crippen molar-refractivity contribution in [2.24, 2.45) is 0 Å². The number of nitrogens with one attached hydrogen (secondary N) is 1. The van der Waals surface area contributed by atoms with Crippen molar-refractivity contribution in [1.29, 1.82) is 0 Å². The maximum atomic E-state index is 12.3. The van der Waals surface area contributed by atoms with E-state index in [1.165, 1.54) is 0 Å². The minimum absolute atomic E-state index is 0.0677. The van der Waals surface area contributed by atoms with Gasteiger partial charge in [-0.25, -0.2) is 0 Å². The van der Waals surface area contributed by atoms with Crippen molar-refractivity contribution < 1.29 is 19.0 Å². The predicted octanol–water partition coefficient (Wildman–Crippen LogP) is 1.83. The molecule has 0 bridgehead atoms. The number of rotatable bonds is 2. The number of benzene rings is 1. The van der Waals surface area contributed by atoms with Crippen molar-refractivity contribution in [3.63, 3.8) is 0 Å². The molecular formula is C17H20N2O4. The summed E-state index contributed by atoms with van der Waals surface area (Å²) in [5.41, 5.74) is 2.41. The summed E-state index contributed by atoms with van der Waals surface area (Å²) in [6.45, 7) is 2.99. The number of hydrogen-bond donors (Lipinski definition) is 1. The number of anilines is 1. The third kappa shape index (κ3) is 2.58. The van der Waals surface area contributed by atoms with E-state index in [1.807, 2.05) is 24.4 Å². The Hall–Kier alpha value is -2.05. The molecule has 122 valence electrons. The van der Waals surface area contributed by atoms with E-state index < -0.39 is 5.79 Å². The van der Waals surface area contributed by atoms with Crippen LogP contribution in [0.15, 0.2) is 24.4 Å². The van der Waals surface area contributed by atoms with Gasteiger partial charge in [0, 0.05) is 43.4 Å². The predicted molar refractivity (Wildman–Crippen MR) is 85.0 cm³/mol. The number of amides is 1. The van der Waals surface area contributed by atoms with Crippen molar-refractivity contribution >= 4 is 17.2 Å². The number of ether oxygens (including phenoxy) is 3. The third-order valence-corrected chi connectivity index (χ3v) is 4.69. The molecule has 0 radical (unpaired) electrons. The molecule has 3 aliphatic heterocycles. The molecule has 4 rings (SSSR count). The van der Waals surface area contributed by atoms with Crippen LogP contribution in [0.1, 0.15) is 18.4 Å². The molecule has 6 nitrogen and oxygen atoms in total. The van der Waals surface area contributed by atoms with Gasteiger partial charge in [-0.3, -0.25) is 4.79 Å². The zero-order chi connectivity index (χ0) is 15.9. The summed E-state index contributed by atoms with van der Waals surface area (Å²) in [5.74, 6) is 0.284. The van der Waals surface area contributed by atoms with Gasteiger partial charge >= 0.3 is 0 Å². The van der Waals surface area contributed by atoms with Gasteiger partial charge in [0.15, 0.2) is 5.79 Å². The number of methoxy groups -OCH3 is 1. The highest BCUT2D eigenvalue weighted by molar-refractivity contribution is 6.31. The summed E-state index contributed by atoms with van der Waals surface area (Å²) in [7, 11) is 1.63. The number of carbonyl (C=O) groups is 1. The topological polar surface area (TPSA) is 60.0 Å². The number of carbonyl (C=O) groups excluding carboxylic acids is 1. The minimum atomic E-state index is -0.395. The van der Waals surface area contributed by atoms with Crippen LogP contribution in [0.4, 0.5) is 5.69 Å². The molecular weight excluding hydrogens is 296 g/mol. The lowest BCUT2D eigenvalue weighted by molar-refractivity contribution is -0.181. The second-order valence-corrected chi connectivity index (χ2v) is 6.05. The van der Waals surface area contributed by atoms with Crippen LogP contribution in [0, 0.1) is 0 Å². The molecule has 3 aliphatic rings. The number of likely N-dealkylation sites (tertiary alicyclic amines) is 1. The fourth-order valence-electron chi connectivity index (χ4n) is 3.38. The van der Waals surface area contributed by atoms with Gasteiger partial charge in [-0.15, -0.1) is 0 Å². The summed E-state index contributed by atoms with van der Waals surface area (Å²) < 4.78 is 16.7. The van der Waals surface area contributed by atoms with Crippen LogP contribution < -0.4 is 10.1 Å². The molecule has 3 heterocycles. The van der Waals surface area contributed by atoms with Crippen molar-refractivity contribution in [2.45, 2.75) is 18.6 Å². The van der Waals surface area contributed by atoms with Gasteiger partial charge < -0.3 is 24.4 Å². The third-order valence-electron chi connectivity index (χ3n) is 4.69. The van der Waals surface area contributed by atoms with E-state index in [2.05, 4.69) is 10.2 Å². The number of hydrogen-bond acceptors (Lipinski definition) is 5. The van der Waals surface area contributed by atoms with Gasteiger partial charge in [0.25, 0.3) is 5.91 Å². The SMILES string of the molecule is COc1ccc2c(c1)/C(=C\N1CCC3(CC1)OCCO3)C(=O)N2. The monoisotopic (exact) mass is 316 g/mol. The smallest absolute Gasteiger partial charge is 0.257 e. The maximum Gasteiger partial charge on any atom is 0.257 e. The van der Waals surface area contributed by atoms with Crippen LogP contribution >= 0.6 is 0 Å². The highest BCUT2D eigenvalue weighted by atomic mass is 16.7. The van der Waals surface area contributed by atoms with Gasteiger partial charge in [-0.05, 0) is 18.2 Å². The standard InChI is InChI=1S/C17H20N2O4/c1-21-12-2-3-15-13(10-12)14(16(20)18-15)11-19-6-4-17(5-7-19)22-8-9-23-17/h2-3,10-11H,4-9H2,1H3,(H,18,20)/b14-11+. The molecule has 0 unspecified atom stereocenters. The minimum Gasteiger partial charge on any atom is -0.497 e. The van der Waals surface area contributed by atoms with E-state index in [-0.39, 0.29) is 5.91 Å². The molecule has 6 heteroatoms. The fraction of sp³-hybridized carbons (Fsp3) is 0.471.